The second kappa shape index (κ2) is 10.9. The Morgan fingerprint density at radius 2 is 1.85 bits per heavy atom. The zero-order chi connectivity index (χ0) is 28.6. The van der Waals surface area contributed by atoms with Crippen LogP contribution in [0.2, 0.25) is 0 Å². The summed E-state index contributed by atoms with van der Waals surface area (Å²) >= 11 is 0. The number of anilines is 1. The molecule has 4 aromatic rings. The molecule has 1 aliphatic carbocycles. The summed E-state index contributed by atoms with van der Waals surface area (Å²) in [6, 6.07) is 20.0. The molecule has 0 saturated heterocycles. The lowest BCUT2D eigenvalue weighted by atomic mass is 9.96. The van der Waals surface area contributed by atoms with E-state index >= 15 is 0 Å². The predicted octanol–water partition coefficient (Wildman–Crippen LogP) is 5.42. The second-order valence-electron chi connectivity index (χ2n) is 10.1. The summed E-state index contributed by atoms with van der Waals surface area (Å²) in [6.07, 6.45) is -2.39. The third-order valence-corrected chi connectivity index (χ3v) is 7.15. The topological polar surface area (TPSA) is 103 Å². The first-order valence-electron chi connectivity index (χ1n) is 13.3. The van der Waals surface area contributed by atoms with Crippen LogP contribution in [0.25, 0.3) is 5.69 Å². The van der Waals surface area contributed by atoms with Gasteiger partial charge in [-0.1, -0.05) is 36.4 Å². The first-order chi connectivity index (χ1) is 19.8. The highest BCUT2D eigenvalue weighted by molar-refractivity contribution is 6.03. The van der Waals surface area contributed by atoms with Crippen LogP contribution in [0.1, 0.15) is 51.8 Å². The van der Waals surface area contributed by atoms with Crippen molar-refractivity contribution < 1.29 is 27.4 Å². The Hall–Kier alpha value is -4.35. The highest BCUT2D eigenvalue weighted by atomic mass is 19.4. The normalized spacial score (nSPS) is 15.1. The number of halogens is 3. The van der Waals surface area contributed by atoms with Crippen LogP contribution in [-0.4, -0.2) is 29.0 Å². The highest BCUT2D eigenvalue weighted by Gasteiger charge is 2.36. The molecule has 0 spiro atoms. The summed E-state index contributed by atoms with van der Waals surface area (Å²) in [5, 5.41) is 10.1. The Bertz CT molecular complexity index is 1580. The third kappa shape index (κ3) is 5.77. The SMILES string of the molecule is NCc1cccc(-n2nc(C(F)(F)F)cc2C(=O)Nc2cccc(C(NCC3CC3)c3cccc4c3OCO4)c2)c1. The Morgan fingerprint density at radius 3 is 2.63 bits per heavy atom. The van der Waals surface area contributed by atoms with E-state index in [0.29, 0.717) is 34.4 Å². The fraction of sp³-hybridized carbons (Fsp3) is 0.267. The second-order valence-corrected chi connectivity index (χ2v) is 10.1. The first-order valence-corrected chi connectivity index (χ1v) is 13.3. The summed E-state index contributed by atoms with van der Waals surface area (Å²) in [5.41, 5.74) is 7.46. The quantitative estimate of drug-likeness (QED) is 0.251. The lowest BCUT2D eigenvalue weighted by Gasteiger charge is -2.22. The minimum absolute atomic E-state index is 0.138. The molecule has 3 aromatic carbocycles. The van der Waals surface area contributed by atoms with Crippen LogP contribution < -0.4 is 25.8 Å². The number of rotatable bonds is 9. The number of aromatic nitrogens is 2. The summed E-state index contributed by atoms with van der Waals surface area (Å²) in [6.45, 7) is 1.14. The number of ether oxygens (including phenoxy) is 2. The summed E-state index contributed by atoms with van der Waals surface area (Å²) in [7, 11) is 0. The molecule has 11 heteroatoms. The van der Waals surface area contributed by atoms with Crippen LogP contribution in [0.3, 0.4) is 0 Å². The van der Waals surface area contributed by atoms with Gasteiger partial charge < -0.3 is 25.8 Å². The maximum atomic E-state index is 13.6. The molecule has 8 nitrogen and oxygen atoms in total. The molecule has 1 amide bonds. The zero-order valence-corrected chi connectivity index (χ0v) is 21.9. The van der Waals surface area contributed by atoms with E-state index in [0.717, 1.165) is 28.4 Å². The van der Waals surface area contributed by atoms with Crippen LogP contribution in [0.5, 0.6) is 11.5 Å². The maximum Gasteiger partial charge on any atom is 0.435 e. The number of alkyl halides is 3. The molecule has 6 rings (SSSR count). The van der Waals surface area contributed by atoms with Crippen LogP contribution in [0.15, 0.2) is 72.8 Å². The summed E-state index contributed by atoms with van der Waals surface area (Å²) in [4.78, 5) is 13.4. The Morgan fingerprint density at radius 1 is 1.05 bits per heavy atom. The van der Waals surface area contributed by atoms with Gasteiger partial charge in [0, 0.05) is 23.9 Å². The minimum Gasteiger partial charge on any atom is -0.454 e. The first kappa shape index (κ1) is 26.9. The molecule has 1 fully saturated rings. The molecular weight excluding hydrogens is 535 g/mol. The molecule has 1 saturated carbocycles. The molecule has 41 heavy (non-hydrogen) atoms. The van der Waals surface area contributed by atoms with Gasteiger partial charge in [-0.25, -0.2) is 4.68 Å². The van der Waals surface area contributed by atoms with Crippen LogP contribution in [-0.2, 0) is 12.7 Å². The number of amides is 1. The van der Waals surface area contributed by atoms with Crippen molar-refractivity contribution in [2.24, 2.45) is 11.7 Å². The van der Waals surface area contributed by atoms with Gasteiger partial charge in [0.25, 0.3) is 5.91 Å². The third-order valence-electron chi connectivity index (χ3n) is 7.15. The smallest absolute Gasteiger partial charge is 0.435 e. The van der Waals surface area contributed by atoms with Gasteiger partial charge in [-0.2, -0.15) is 18.3 Å². The fourth-order valence-electron chi connectivity index (χ4n) is 4.88. The van der Waals surface area contributed by atoms with Gasteiger partial charge >= 0.3 is 6.18 Å². The van der Waals surface area contributed by atoms with Gasteiger partial charge in [-0.05, 0) is 66.8 Å². The molecule has 1 unspecified atom stereocenters. The van der Waals surface area contributed by atoms with Crippen molar-refractivity contribution in [1.29, 1.82) is 0 Å². The number of nitrogens with zero attached hydrogens (tertiary/aromatic N) is 2. The lowest BCUT2D eigenvalue weighted by Crippen LogP contribution is -2.25. The van der Waals surface area contributed by atoms with Gasteiger partial charge in [-0.3, -0.25) is 4.79 Å². The number of carbonyl (C=O) groups excluding carboxylic acids is 1. The largest absolute Gasteiger partial charge is 0.454 e. The van der Waals surface area contributed by atoms with E-state index in [4.69, 9.17) is 15.2 Å². The van der Waals surface area contributed by atoms with E-state index in [1.54, 1.807) is 42.5 Å². The zero-order valence-electron chi connectivity index (χ0n) is 21.9. The van der Waals surface area contributed by atoms with E-state index < -0.39 is 17.8 Å². The summed E-state index contributed by atoms with van der Waals surface area (Å²) in [5.74, 6) is 1.20. The minimum atomic E-state index is -4.73. The van der Waals surface area contributed by atoms with Gasteiger partial charge in [0.1, 0.15) is 5.69 Å². The number of benzene rings is 3. The lowest BCUT2D eigenvalue weighted by molar-refractivity contribution is -0.141. The number of hydrogen-bond donors (Lipinski definition) is 3. The molecule has 1 atom stereocenters. The molecule has 0 radical (unpaired) electrons. The van der Waals surface area contributed by atoms with Crippen molar-refractivity contribution in [2.75, 3.05) is 18.7 Å². The molecule has 212 valence electrons. The van der Waals surface area contributed by atoms with E-state index in [1.165, 1.54) is 12.8 Å². The number of fused-ring (bicyclic) bond motifs is 1. The summed E-state index contributed by atoms with van der Waals surface area (Å²) < 4.78 is 53.2. The number of nitrogens with two attached hydrogens (primary N) is 1. The van der Waals surface area contributed by atoms with Crippen molar-refractivity contribution in [3.63, 3.8) is 0 Å². The van der Waals surface area contributed by atoms with Crippen molar-refractivity contribution in [3.05, 3.63) is 101 Å². The standard InChI is InChI=1S/C30H28F3N5O3/c31-30(32,33)26-14-24(38(37-26)22-7-1-4-19(12-22)15-34)29(39)36-21-6-2-5-20(13-21)27(35-16-18-10-11-18)23-8-3-9-25-28(23)41-17-40-25/h1-9,12-14,18,27,35H,10-11,15-17,34H2,(H,36,39). The molecule has 4 N–H and O–H groups in total. The van der Waals surface area contributed by atoms with Crippen LogP contribution >= 0.6 is 0 Å². The van der Waals surface area contributed by atoms with E-state index in [9.17, 15) is 18.0 Å². The molecular formula is C30H28F3N5O3. The van der Waals surface area contributed by atoms with Gasteiger partial charge in [0.15, 0.2) is 17.2 Å². The van der Waals surface area contributed by atoms with Crippen LogP contribution in [0.4, 0.5) is 18.9 Å². The van der Waals surface area contributed by atoms with Crippen molar-refractivity contribution in [3.8, 4) is 17.2 Å². The monoisotopic (exact) mass is 563 g/mol. The van der Waals surface area contributed by atoms with Crippen molar-refractivity contribution in [2.45, 2.75) is 31.6 Å². The molecule has 0 bridgehead atoms. The number of hydrogen-bond acceptors (Lipinski definition) is 6. The Labute approximate surface area is 234 Å². The highest BCUT2D eigenvalue weighted by Crippen LogP contribution is 2.41. The molecule has 2 aliphatic rings. The average molecular weight is 564 g/mol. The molecule has 2 heterocycles. The average Bonchev–Trinajstić information content (AvgIpc) is 3.46. The van der Waals surface area contributed by atoms with E-state index in [-0.39, 0.29) is 25.1 Å². The van der Waals surface area contributed by atoms with Crippen molar-refractivity contribution in [1.82, 2.24) is 15.1 Å². The van der Waals surface area contributed by atoms with Gasteiger partial charge in [-0.15, -0.1) is 0 Å². The predicted molar refractivity (Wildman–Crippen MR) is 146 cm³/mol. The molecule has 1 aromatic heterocycles. The van der Waals surface area contributed by atoms with Crippen LogP contribution in [0, 0.1) is 5.92 Å². The van der Waals surface area contributed by atoms with Gasteiger partial charge in [0.2, 0.25) is 6.79 Å². The Kier molecular flexibility index (Phi) is 7.14. The number of carbonyl (C=O) groups is 1. The van der Waals surface area contributed by atoms with E-state index in [1.807, 2.05) is 24.3 Å². The Balaban J connectivity index is 1.32. The maximum absolute atomic E-state index is 13.6. The van der Waals surface area contributed by atoms with Crippen molar-refractivity contribution >= 4 is 11.6 Å². The molecule has 1 aliphatic heterocycles. The van der Waals surface area contributed by atoms with Gasteiger partial charge in [0.05, 0.1) is 11.7 Å². The fourth-order valence-corrected chi connectivity index (χ4v) is 4.88. The number of nitrogens with one attached hydrogen (secondary N) is 2. The number of para-hydroxylation sites is 1. The van der Waals surface area contributed by atoms with E-state index in [2.05, 4.69) is 15.7 Å².